The van der Waals surface area contributed by atoms with Crippen molar-refractivity contribution < 1.29 is 0 Å². The number of likely N-dealkylation sites (tertiary alicyclic amines) is 1. The fourth-order valence-electron chi connectivity index (χ4n) is 2.97. The van der Waals surface area contributed by atoms with Crippen molar-refractivity contribution in [3.05, 3.63) is 28.2 Å². The Morgan fingerprint density at radius 2 is 2.05 bits per heavy atom. The van der Waals surface area contributed by atoms with Gasteiger partial charge >= 0.3 is 0 Å². The van der Waals surface area contributed by atoms with Gasteiger partial charge < -0.3 is 15.1 Å². The lowest BCUT2D eigenvalue weighted by molar-refractivity contribution is 0.221. The highest BCUT2D eigenvalue weighted by atomic mass is 79.9. The highest BCUT2D eigenvalue weighted by Crippen LogP contribution is 2.30. The summed E-state index contributed by atoms with van der Waals surface area (Å²) in [7, 11) is 4.21. The number of nitrogens with one attached hydrogen (secondary N) is 1. The molecule has 1 heterocycles. The number of rotatable bonds is 5. The van der Waals surface area contributed by atoms with Crippen LogP contribution in [0.25, 0.3) is 0 Å². The van der Waals surface area contributed by atoms with Gasteiger partial charge in [0.1, 0.15) is 0 Å². The molecule has 0 bridgehead atoms. The zero-order valence-corrected chi connectivity index (χ0v) is 14.4. The van der Waals surface area contributed by atoms with Crippen LogP contribution in [0.3, 0.4) is 0 Å². The molecule has 2 rings (SSSR count). The highest BCUT2D eigenvalue weighted by molar-refractivity contribution is 9.10. The third-order valence-electron chi connectivity index (χ3n) is 4.33. The Labute approximate surface area is 131 Å². The lowest BCUT2D eigenvalue weighted by Crippen LogP contribution is -2.43. The van der Waals surface area contributed by atoms with E-state index in [1.807, 2.05) is 7.05 Å². The summed E-state index contributed by atoms with van der Waals surface area (Å²) in [4.78, 5) is 4.98. The fourth-order valence-corrected chi connectivity index (χ4v) is 3.68. The predicted octanol–water partition coefficient (Wildman–Crippen LogP) is 3.09. The van der Waals surface area contributed by atoms with E-state index in [1.54, 1.807) is 0 Å². The van der Waals surface area contributed by atoms with Crippen molar-refractivity contribution in [2.75, 3.05) is 38.6 Å². The Morgan fingerprint density at radius 1 is 1.35 bits per heavy atom. The molecule has 1 N–H and O–H groups in total. The van der Waals surface area contributed by atoms with E-state index in [-0.39, 0.29) is 0 Å². The molecule has 0 radical (unpaired) electrons. The first kappa shape index (κ1) is 15.8. The Hall–Kier alpha value is -0.580. The molecule has 0 atom stereocenters. The first-order valence-corrected chi connectivity index (χ1v) is 8.33. The summed E-state index contributed by atoms with van der Waals surface area (Å²) in [6.07, 6.45) is 2.52. The third-order valence-corrected chi connectivity index (χ3v) is 4.96. The molecule has 112 valence electrons. The van der Waals surface area contributed by atoms with E-state index in [2.05, 4.69) is 63.2 Å². The molecular formula is C16H26BrN3. The molecule has 1 saturated heterocycles. The predicted molar refractivity (Wildman–Crippen MR) is 90.4 cm³/mol. The van der Waals surface area contributed by atoms with Crippen LogP contribution in [-0.2, 0) is 6.54 Å². The van der Waals surface area contributed by atoms with Crippen LogP contribution < -0.4 is 10.2 Å². The van der Waals surface area contributed by atoms with E-state index in [1.165, 1.54) is 48.2 Å². The van der Waals surface area contributed by atoms with Gasteiger partial charge in [-0.25, -0.2) is 0 Å². The van der Waals surface area contributed by atoms with Gasteiger partial charge in [0.05, 0.1) is 5.69 Å². The van der Waals surface area contributed by atoms with E-state index in [9.17, 15) is 0 Å². The average Bonchev–Trinajstić information content (AvgIpc) is 2.47. The Morgan fingerprint density at radius 3 is 2.60 bits per heavy atom. The number of hydrogen-bond donors (Lipinski definition) is 1. The normalized spacial score (nSPS) is 17.4. The SMILES string of the molecule is CCN1CCC(N(C)c2ccc(CNC)cc2Br)CC1. The van der Waals surface area contributed by atoms with Crippen LogP contribution in [0.1, 0.15) is 25.3 Å². The number of piperidine rings is 1. The molecule has 0 amide bonds. The molecular weight excluding hydrogens is 314 g/mol. The Balaban J connectivity index is 2.03. The highest BCUT2D eigenvalue weighted by Gasteiger charge is 2.22. The minimum atomic E-state index is 0.657. The molecule has 1 aliphatic rings. The van der Waals surface area contributed by atoms with E-state index < -0.39 is 0 Å². The van der Waals surface area contributed by atoms with Crippen LogP contribution in [0.5, 0.6) is 0 Å². The smallest absolute Gasteiger partial charge is 0.0510 e. The maximum Gasteiger partial charge on any atom is 0.0510 e. The van der Waals surface area contributed by atoms with Crippen molar-refractivity contribution in [3.8, 4) is 0 Å². The van der Waals surface area contributed by atoms with Gasteiger partial charge in [-0.15, -0.1) is 0 Å². The van der Waals surface area contributed by atoms with Gasteiger partial charge in [-0.1, -0.05) is 13.0 Å². The van der Waals surface area contributed by atoms with Crippen LogP contribution in [0.4, 0.5) is 5.69 Å². The second-order valence-electron chi connectivity index (χ2n) is 5.59. The van der Waals surface area contributed by atoms with E-state index in [4.69, 9.17) is 0 Å². The van der Waals surface area contributed by atoms with E-state index >= 15 is 0 Å². The van der Waals surface area contributed by atoms with Gasteiger partial charge in [0.2, 0.25) is 0 Å². The first-order valence-electron chi connectivity index (χ1n) is 7.54. The second-order valence-corrected chi connectivity index (χ2v) is 6.45. The molecule has 1 aromatic rings. The Bertz CT molecular complexity index is 428. The van der Waals surface area contributed by atoms with Gasteiger partial charge in [0.15, 0.2) is 0 Å². The van der Waals surface area contributed by atoms with Crippen LogP contribution in [-0.4, -0.2) is 44.7 Å². The molecule has 0 spiro atoms. The lowest BCUT2D eigenvalue weighted by atomic mass is 10.0. The van der Waals surface area contributed by atoms with Crippen molar-refractivity contribution in [1.82, 2.24) is 10.2 Å². The second kappa shape index (κ2) is 7.43. The number of hydrogen-bond acceptors (Lipinski definition) is 3. The molecule has 4 heteroatoms. The average molecular weight is 340 g/mol. The van der Waals surface area contributed by atoms with Gasteiger partial charge in [-0.3, -0.25) is 0 Å². The summed E-state index contributed by atoms with van der Waals surface area (Å²) < 4.78 is 1.20. The molecule has 20 heavy (non-hydrogen) atoms. The molecule has 0 unspecified atom stereocenters. The molecule has 0 aliphatic carbocycles. The summed E-state index contributed by atoms with van der Waals surface area (Å²) in [5.74, 6) is 0. The number of anilines is 1. The molecule has 0 aromatic heterocycles. The summed E-state index contributed by atoms with van der Waals surface area (Å²) >= 11 is 3.73. The molecule has 0 saturated carbocycles. The van der Waals surface area contributed by atoms with Crippen molar-refractivity contribution in [3.63, 3.8) is 0 Å². The van der Waals surface area contributed by atoms with Gasteiger partial charge in [-0.2, -0.15) is 0 Å². The summed E-state index contributed by atoms with van der Waals surface area (Å²) in [6, 6.07) is 7.34. The van der Waals surface area contributed by atoms with Crippen LogP contribution >= 0.6 is 15.9 Å². The van der Waals surface area contributed by atoms with E-state index in [0.717, 1.165) is 6.54 Å². The zero-order chi connectivity index (χ0) is 14.5. The fraction of sp³-hybridized carbons (Fsp3) is 0.625. The summed E-state index contributed by atoms with van der Waals surface area (Å²) in [5.41, 5.74) is 2.62. The van der Waals surface area contributed by atoms with Crippen molar-refractivity contribution in [1.29, 1.82) is 0 Å². The Kier molecular flexibility index (Phi) is 5.87. The first-order chi connectivity index (χ1) is 9.65. The van der Waals surface area contributed by atoms with Crippen LogP contribution in [0, 0.1) is 0 Å². The summed E-state index contributed by atoms with van der Waals surface area (Å²) in [5, 5.41) is 3.19. The molecule has 1 fully saturated rings. The van der Waals surface area contributed by atoms with Gasteiger partial charge in [-0.05, 0) is 60.1 Å². The maximum absolute atomic E-state index is 3.73. The molecule has 1 aromatic carbocycles. The summed E-state index contributed by atoms with van der Waals surface area (Å²) in [6.45, 7) is 6.79. The minimum Gasteiger partial charge on any atom is -0.371 e. The van der Waals surface area contributed by atoms with Crippen LogP contribution in [0.2, 0.25) is 0 Å². The quantitative estimate of drug-likeness (QED) is 0.889. The maximum atomic E-state index is 3.73. The van der Waals surface area contributed by atoms with E-state index in [0.29, 0.717) is 6.04 Å². The molecule has 3 nitrogen and oxygen atoms in total. The van der Waals surface area contributed by atoms with Crippen LogP contribution in [0.15, 0.2) is 22.7 Å². The number of halogens is 1. The zero-order valence-electron chi connectivity index (χ0n) is 12.8. The van der Waals surface area contributed by atoms with Gasteiger partial charge in [0.25, 0.3) is 0 Å². The van der Waals surface area contributed by atoms with Crippen molar-refractivity contribution >= 4 is 21.6 Å². The standard InChI is InChI=1S/C16H26BrN3/c1-4-20-9-7-14(8-10-20)19(3)16-6-5-13(12-18-2)11-15(16)17/h5-6,11,14,18H,4,7-10,12H2,1-3H3. The topological polar surface area (TPSA) is 18.5 Å². The largest absolute Gasteiger partial charge is 0.371 e. The molecule has 1 aliphatic heterocycles. The third kappa shape index (κ3) is 3.74. The van der Waals surface area contributed by atoms with Gasteiger partial charge in [0, 0.05) is 37.2 Å². The number of nitrogens with zero attached hydrogens (tertiary/aromatic N) is 2. The van der Waals surface area contributed by atoms with Crippen molar-refractivity contribution in [2.45, 2.75) is 32.4 Å². The lowest BCUT2D eigenvalue weighted by Gasteiger charge is -2.37. The minimum absolute atomic E-state index is 0.657. The monoisotopic (exact) mass is 339 g/mol. The van der Waals surface area contributed by atoms with Crippen molar-refractivity contribution in [2.24, 2.45) is 0 Å². The number of benzene rings is 1.